The lowest BCUT2D eigenvalue weighted by Crippen LogP contribution is -1.72. The molecule has 0 aromatic carbocycles. The Morgan fingerprint density at radius 3 is 2.75 bits per heavy atom. The minimum atomic E-state index is -0.836. The van der Waals surface area contributed by atoms with Crippen molar-refractivity contribution in [1.29, 1.82) is 5.26 Å². The molecule has 0 bridgehead atoms. The lowest BCUT2D eigenvalue weighted by atomic mass is 10.4. The normalized spacial score (nSPS) is 12.5. The van der Waals surface area contributed by atoms with Crippen LogP contribution in [0.15, 0.2) is 0 Å². The Morgan fingerprint density at radius 1 is 1.75 bits per heavy atom. The van der Waals surface area contributed by atoms with Gasteiger partial charge < -0.3 is 0 Å². The summed E-state index contributed by atoms with van der Waals surface area (Å²) in [5.74, 6) is 2.19. The number of nitriles is 1. The van der Waals surface area contributed by atoms with Crippen LogP contribution in [0, 0.1) is 11.1 Å². The molecule has 8 heavy (non-hydrogen) atoms. The van der Waals surface area contributed by atoms with Crippen molar-refractivity contribution in [3.8, 4) is 5.81 Å². The van der Waals surface area contributed by atoms with Crippen LogP contribution in [0.1, 0.15) is 19.8 Å². The third-order valence-corrected chi connectivity index (χ3v) is 2.26. The Balaban J connectivity index is 3.16. The fourth-order valence-electron chi connectivity index (χ4n) is 0.446. The van der Waals surface area contributed by atoms with E-state index in [1.807, 2.05) is 0 Å². The zero-order valence-electron chi connectivity index (χ0n) is 5.28. The van der Waals surface area contributed by atoms with Gasteiger partial charge in [-0.25, -0.2) is 0 Å². The van der Waals surface area contributed by atoms with Crippen molar-refractivity contribution >= 4 is 13.8 Å². The first-order valence-corrected chi connectivity index (χ1v) is 4.80. The van der Waals surface area contributed by atoms with Crippen LogP contribution in [0.25, 0.3) is 0 Å². The van der Waals surface area contributed by atoms with Crippen molar-refractivity contribution in [2.75, 3.05) is 6.16 Å². The van der Waals surface area contributed by atoms with Crippen molar-refractivity contribution in [1.82, 2.24) is 0 Å². The van der Waals surface area contributed by atoms with E-state index < -0.39 is 7.55 Å². The zero-order chi connectivity index (χ0) is 6.41. The van der Waals surface area contributed by atoms with Crippen LogP contribution in [-0.4, -0.2) is 12.5 Å². The highest BCUT2D eigenvalue weighted by molar-refractivity contribution is 7.60. The summed E-state index contributed by atoms with van der Waals surface area (Å²) in [5.41, 5.74) is 0. The van der Waals surface area contributed by atoms with Gasteiger partial charge >= 0.3 is 0 Å². The molecule has 0 aromatic rings. The van der Waals surface area contributed by atoms with Crippen LogP contribution in [0.5, 0.6) is 0 Å². The molecule has 1 unspecified atom stereocenters. The molecule has 1 atom stereocenters. The number of nitrogens with zero attached hydrogens (tertiary/aromatic N) is 1. The Bertz CT molecular complexity index is 112. The summed E-state index contributed by atoms with van der Waals surface area (Å²) < 4.78 is 0. The molecular weight excluding hydrogens is 117 g/mol. The summed E-state index contributed by atoms with van der Waals surface area (Å²) >= 11 is 0. The van der Waals surface area contributed by atoms with Gasteiger partial charge in [0.15, 0.2) is 0 Å². The number of rotatable bonds is 3. The van der Waals surface area contributed by atoms with Crippen molar-refractivity contribution in [2.24, 2.45) is 0 Å². The van der Waals surface area contributed by atoms with E-state index in [4.69, 9.17) is 5.26 Å². The topological polar surface area (TPSA) is 23.8 Å². The zero-order valence-corrected chi connectivity index (χ0v) is 6.28. The molecule has 0 aliphatic heterocycles. The maximum atomic E-state index is 8.29. The molecule has 0 fully saturated rings. The fourth-order valence-corrected chi connectivity index (χ4v) is 1.34. The van der Waals surface area contributed by atoms with Gasteiger partial charge in [0.25, 0.3) is 0 Å². The average Bonchev–Trinajstić information content (AvgIpc) is 1.83. The van der Waals surface area contributed by atoms with Gasteiger partial charge in [0.05, 0.1) is 5.81 Å². The Kier molecular flexibility index (Phi) is 4.81. The molecule has 0 saturated carbocycles. The van der Waals surface area contributed by atoms with E-state index in [1.54, 1.807) is 0 Å². The maximum Gasteiger partial charge on any atom is 0.0823 e. The Labute approximate surface area is 51.7 Å². The lowest BCUT2D eigenvalue weighted by molar-refractivity contribution is 0.895. The monoisotopic (exact) mass is 129 g/mol. The first kappa shape index (κ1) is 7.79. The van der Waals surface area contributed by atoms with Gasteiger partial charge in [-0.05, 0) is 20.1 Å². The van der Waals surface area contributed by atoms with E-state index >= 15 is 0 Å². The van der Waals surface area contributed by atoms with E-state index in [9.17, 15) is 0 Å². The molecule has 46 valence electrons. The van der Waals surface area contributed by atoms with E-state index in [0.717, 1.165) is 6.16 Å². The number of unbranched alkanes of at least 4 members (excludes halogenated alkanes) is 1. The molecule has 0 rings (SSSR count). The molecule has 0 spiro atoms. The summed E-state index contributed by atoms with van der Waals surface area (Å²) in [4.78, 5) is 0. The second-order valence-electron chi connectivity index (χ2n) is 1.82. The third kappa shape index (κ3) is 3.96. The maximum absolute atomic E-state index is 8.29. The Morgan fingerprint density at radius 2 is 2.38 bits per heavy atom. The summed E-state index contributed by atoms with van der Waals surface area (Å²) in [7, 11) is -0.836. The predicted molar refractivity (Wildman–Crippen MR) is 40.8 cm³/mol. The quantitative estimate of drug-likeness (QED) is 0.534. The Hall–Kier alpha value is -0.210. The molecule has 0 aromatic heterocycles. The van der Waals surface area contributed by atoms with Gasteiger partial charge in [-0.1, -0.05) is 19.6 Å². The molecule has 1 nitrogen and oxygen atoms in total. The fraction of sp³-hybridized carbons (Fsp3) is 0.667. The van der Waals surface area contributed by atoms with Crippen LogP contribution in [0.2, 0.25) is 0 Å². The van der Waals surface area contributed by atoms with Crippen LogP contribution in [-0.2, 0) is 0 Å². The first-order chi connectivity index (χ1) is 3.81. The van der Waals surface area contributed by atoms with Crippen LogP contribution in [0.4, 0.5) is 0 Å². The molecule has 0 saturated heterocycles. The first-order valence-electron chi connectivity index (χ1n) is 2.89. The highest BCUT2D eigenvalue weighted by Gasteiger charge is 1.85. The highest BCUT2D eigenvalue weighted by Crippen LogP contribution is 2.17. The SMILES string of the molecule is C=[PH](C#N)CCCC. The lowest BCUT2D eigenvalue weighted by Gasteiger charge is -1.90. The van der Waals surface area contributed by atoms with Crippen molar-refractivity contribution in [3.05, 3.63) is 0 Å². The molecule has 0 N–H and O–H groups in total. The van der Waals surface area contributed by atoms with Crippen LogP contribution >= 0.6 is 7.55 Å². The van der Waals surface area contributed by atoms with Gasteiger partial charge in [0, 0.05) is 0 Å². The third-order valence-electron chi connectivity index (χ3n) is 0.990. The standard InChI is InChI=1S/C6H12NP/c1-3-4-5-8(2)6-7/h8H,2-5H2,1H3. The number of hydrogen-bond acceptors (Lipinski definition) is 1. The molecule has 0 amide bonds. The molecule has 2 heteroatoms. The largest absolute Gasteiger partial charge is 0.194 e. The second kappa shape index (κ2) is 4.94. The van der Waals surface area contributed by atoms with Crippen molar-refractivity contribution < 1.29 is 0 Å². The van der Waals surface area contributed by atoms with Gasteiger partial charge in [-0.2, -0.15) is 5.26 Å². The van der Waals surface area contributed by atoms with E-state index in [1.165, 1.54) is 12.8 Å². The summed E-state index contributed by atoms with van der Waals surface area (Å²) in [6, 6.07) is 0. The molecule has 0 radical (unpaired) electrons. The summed E-state index contributed by atoms with van der Waals surface area (Å²) in [5, 5.41) is 8.29. The molecular formula is C6H12NP. The van der Waals surface area contributed by atoms with Crippen molar-refractivity contribution in [3.63, 3.8) is 0 Å². The van der Waals surface area contributed by atoms with Gasteiger partial charge in [0.2, 0.25) is 0 Å². The van der Waals surface area contributed by atoms with E-state index in [0.29, 0.717) is 0 Å². The molecule has 0 heterocycles. The van der Waals surface area contributed by atoms with E-state index in [2.05, 4.69) is 19.0 Å². The summed E-state index contributed by atoms with van der Waals surface area (Å²) in [6.07, 6.45) is 7.15. The minimum Gasteiger partial charge on any atom is -0.194 e. The highest BCUT2D eigenvalue weighted by atomic mass is 31.1. The summed E-state index contributed by atoms with van der Waals surface area (Å²) in [6.45, 7) is 2.13. The second-order valence-corrected chi connectivity index (χ2v) is 3.75. The molecule has 0 aliphatic rings. The smallest absolute Gasteiger partial charge is 0.0823 e. The average molecular weight is 129 g/mol. The molecule has 0 aliphatic carbocycles. The number of hydrogen-bond donors (Lipinski definition) is 0. The van der Waals surface area contributed by atoms with Gasteiger partial charge in [-0.15, -0.1) is 0 Å². The van der Waals surface area contributed by atoms with Crippen LogP contribution in [0.3, 0.4) is 0 Å². The van der Waals surface area contributed by atoms with Gasteiger partial charge in [0.1, 0.15) is 0 Å². The van der Waals surface area contributed by atoms with Crippen molar-refractivity contribution in [2.45, 2.75) is 19.8 Å². The van der Waals surface area contributed by atoms with E-state index in [-0.39, 0.29) is 0 Å². The van der Waals surface area contributed by atoms with Gasteiger partial charge in [-0.3, -0.25) is 0 Å². The minimum absolute atomic E-state index is 0.836. The van der Waals surface area contributed by atoms with Crippen LogP contribution < -0.4 is 0 Å². The predicted octanol–water partition coefficient (Wildman–Crippen LogP) is 1.91.